The van der Waals surface area contributed by atoms with Crippen LogP contribution < -0.4 is 4.90 Å². The number of thioether (sulfide) groups is 1. The molecule has 1 saturated carbocycles. The predicted molar refractivity (Wildman–Crippen MR) is 112 cm³/mol. The summed E-state index contributed by atoms with van der Waals surface area (Å²) < 4.78 is 0. The molecule has 0 spiro atoms. The van der Waals surface area contributed by atoms with E-state index in [2.05, 4.69) is 15.2 Å². The van der Waals surface area contributed by atoms with Crippen molar-refractivity contribution in [2.45, 2.75) is 43.3 Å². The molecule has 1 aliphatic carbocycles. The Morgan fingerprint density at radius 2 is 1.71 bits per heavy atom. The Hall–Kier alpha value is -2.60. The molecule has 6 heteroatoms. The number of carbonyl (C=O) groups excluding carboxylic acids is 1. The van der Waals surface area contributed by atoms with E-state index in [0.29, 0.717) is 23.4 Å². The molecule has 0 saturated heterocycles. The summed E-state index contributed by atoms with van der Waals surface area (Å²) >= 11 is 1.40. The first-order valence-electron chi connectivity index (χ1n) is 9.74. The number of aromatic nitrogens is 3. The van der Waals surface area contributed by atoms with E-state index in [9.17, 15) is 4.79 Å². The zero-order chi connectivity index (χ0) is 19.2. The first-order valence-corrected chi connectivity index (χ1v) is 10.7. The van der Waals surface area contributed by atoms with E-state index in [4.69, 9.17) is 0 Å². The number of carbonyl (C=O) groups is 1. The van der Waals surface area contributed by atoms with Gasteiger partial charge in [-0.2, -0.15) is 0 Å². The molecule has 1 aromatic heterocycles. The van der Waals surface area contributed by atoms with Gasteiger partial charge >= 0.3 is 0 Å². The fraction of sp³-hybridized carbons (Fsp3) is 0.318. The number of aromatic amines is 1. The van der Waals surface area contributed by atoms with Gasteiger partial charge < -0.3 is 4.90 Å². The van der Waals surface area contributed by atoms with Crippen LogP contribution >= 0.6 is 11.8 Å². The Morgan fingerprint density at radius 1 is 1.04 bits per heavy atom. The third-order valence-electron chi connectivity index (χ3n) is 5.10. The van der Waals surface area contributed by atoms with Crippen LogP contribution in [0.15, 0.2) is 65.8 Å². The molecule has 0 unspecified atom stereocenters. The lowest BCUT2D eigenvalue weighted by Crippen LogP contribution is -2.31. The molecule has 0 atom stereocenters. The lowest BCUT2D eigenvalue weighted by molar-refractivity contribution is -0.116. The molecule has 5 nitrogen and oxygen atoms in total. The number of H-pyrrole nitrogens is 1. The minimum absolute atomic E-state index is 0.0484. The Labute approximate surface area is 169 Å². The van der Waals surface area contributed by atoms with E-state index in [1.54, 1.807) is 0 Å². The number of benzene rings is 2. The van der Waals surface area contributed by atoms with E-state index >= 15 is 0 Å². The largest absolute Gasteiger partial charge is 0.307 e. The minimum atomic E-state index is 0.0484. The van der Waals surface area contributed by atoms with E-state index < -0.39 is 0 Å². The number of hydrogen-bond donors (Lipinski definition) is 1. The Morgan fingerprint density at radius 3 is 2.43 bits per heavy atom. The molecule has 144 valence electrons. The average Bonchev–Trinajstić information content (AvgIpc) is 3.43. The van der Waals surface area contributed by atoms with Crippen molar-refractivity contribution in [3.05, 3.63) is 72.1 Å². The summed E-state index contributed by atoms with van der Waals surface area (Å²) in [6.07, 6.45) is 4.88. The second kappa shape index (κ2) is 9.06. The molecule has 28 heavy (non-hydrogen) atoms. The fourth-order valence-electron chi connectivity index (χ4n) is 3.61. The maximum Gasteiger partial charge on any atom is 0.237 e. The van der Waals surface area contributed by atoms with Crippen molar-refractivity contribution in [2.24, 2.45) is 0 Å². The molecular formula is C22H24N4OS. The molecule has 1 fully saturated rings. The summed E-state index contributed by atoms with van der Waals surface area (Å²) in [5.41, 5.74) is 2.00. The number of nitrogens with one attached hydrogen (secondary N) is 1. The van der Waals surface area contributed by atoms with E-state index in [1.165, 1.54) is 37.4 Å². The minimum Gasteiger partial charge on any atom is -0.307 e. The van der Waals surface area contributed by atoms with E-state index in [0.717, 1.165) is 17.1 Å². The highest BCUT2D eigenvalue weighted by molar-refractivity contribution is 7.99. The van der Waals surface area contributed by atoms with Gasteiger partial charge in [0.15, 0.2) is 0 Å². The third-order valence-corrected chi connectivity index (χ3v) is 5.93. The van der Waals surface area contributed by atoms with Crippen LogP contribution in [0.5, 0.6) is 0 Å². The number of hydrogen-bond acceptors (Lipinski definition) is 4. The number of para-hydroxylation sites is 1. The third kappa shape index (κ3) is 4.62. The van der Waals surface area contributed by atoms with Crippen molar-refractivity contribution >= 4 is 23.4 Å². The van der Waals surface area contributed by atoms with Crippen LogP contribution in [-0.2, 0) is 11.3 Å². The van der Waals surface area contributed by atoms with Crippen molar-refractivity contribution in [3.8, 4) is 0 Å². The van der Waals surface area contributed by atoms with Crippen LogP contribution in [0.3, 0.4) is 0 Å². The van der Waals surface area contributed by atoms with Gasteiger partial charge in [0.05, 0.1) is 12.3 Å². The molecule has 3 aromatic rings. The van der Waals surface area contributed by atoms with Crippen LogP contribution in [0.1, 0.15) is 43.0 Å². The SMILES string of the molecule is O=C(CSc1n[nH]c(C2CCCC2)n1)N(Cc1ccccc1)c1ccccc1. The van der Waals surface area contributed by atoms with Crippen molar-refractivity contribution in [2.75, 3.05) is 10.7 Å². The van der Waals surface area contributed by atoms with Gasteiger partial charge in [0.1, 0.15) is 5.82 Å². The second-order valence-electron chi connectivity index (χ2n) is 7.07. The quantitative estimate of drug-likeness (QED) is 0.587. The molecule has 1 N–H and O–H groups in total. The van der Waals surface area contributed by atoms with Crippen molar-refractivity contribution in [3.63, 3.8) is 0 Å². The zero-order valence-electron chi connectivity index (χ0n) is 15.8. The summed E-state index contributed by atoms with van der Waals surface area (Å²) in [5.74, 6) is 1.82. The fourth-order valence-corrected chi connectivity index (χ4v) is 4.29. The van der Waals surface area contributed by atoms with Gasteiger partial charge in [-0.05, 0) is 30.5 Å². The Kier molecular flexibility index (Phi) is 6.07. The summed E-state index contributed by atoms with van der Waals surface area (Å²) in [6, 6.07) is 19.9. The lowest BCUT2D eigenvalue weighted by Gasteiger charge is -2.22. The van der Waals surface area contributed by atoms with Gasteiger partial charge in [0.25, 0.3) is 0 Å². The van der Waals surface area contributed by atoms with Gasteiger partial charge in [0, 0.05) is 11.6 Å². The number of amides is 1. The molecule has 2 aromatic carbocycles. The molecule has 4 rings (SSSR count). The number of anilines is 1. The molecule has 1 amide bonds. The van der Waals surface area contributed by atoms with Gasteiger partial charge in [0.2, 0.25) is 11.1 Å². The average molecular weight is 393 g/mol. The van der Waals surface area contributed by atoms with E-state index in [-0.39, 0.29) is 5.91 Å². The van der Waals surface area contributed by atoms with Crippen LogP contribution in [-0.4, -0.2) is 26.8 Å². The Balaban J connectivity index is 1.43. The lowest BCUT2D eigenvalue weighted by atomic mass is 10.1. The van der Waals surface area contributed by atoms with Crippen LogP contribution in [0.4, 0.5) is 5.69 Å². The molecule has 0 radical (unpaired) electrons. The first kappa shape index (κ1) is 18.7. The van der Waals surface area contributed by atoms with Crippen molar-refractivity contribution in [1.29, 1.82) is 0 Å². The maximum atomic E-state index is 13.0. The first-order chi connectivity index (χ1) is 13.8. The van der Waals surface area contributed by atoms with E-state index in [1.807, 2.05) is 65.6 Å². The number of rotatable bonds is 7. The second-order valence-corrected chi connectivity index (χ2v) is 8.02. The smallest absolute Gasteiger partial charge is 0.237 e. The monoisotopic (exact) mass is 392 g/mol. The molecule has 1 heterocycles. The topological polar surface area (TPSA) is 61.9 Å². The van der Waals surface area contributed by atoms with Gasteiger partial charge in [-0.1, -0.05) is 73.1 Å². The normalized spacial score (nSPS) is 14.3. The molecule has 1 aliphatic rings. The van der Waals surface area contributed by atoms with Crippen LogP contribution in [0.25, 0.3) is 0 Å². The van der Waals surface area contributed by atoms with Crippen LogP contribution in [0, 0.1) is 0 Å². The van der Waals surface area contributed by atoms with Gasteiger partial charge in [-0.25, -0.2) is 4.98 Å². The summed E-state index contributed by atoms with van der Waals surface area (Å²) in [6.45, 7) is 0.547. The highest BCUT2D eigenvalue weighted by Gasteiger charge is 2.22. The van der Waals surface area contributed by atoms with Crippen molar-refractivity contribution in [1.82, 2.24) is 15.2 Å². The summed E-state index contributed by atoms with van der Waals surface area (Å²) in [4.78, 5) is 19.5. The molecular weight excluding hydrogens is 368 g/mol. The van der Waals surface area contributed by atoms with Gasteiger partial charge in [-0.3, -0.25) is 9.89 Å². The van der Waals surface area contributed by atoms with Crippen LogP contribution in [0.2, 0.25) is 0 Å². The maximum absolute atomic E-state index is 13.0. The number of nitrogens with zero attached hydrogens (tertiary/aromatic N) is 3. The standard InChI is InChI=1S/C22H24N4OS/c27-20(16-28-22-23-21(24-25-22)18-11-7-8-12-18)26(19-13-5-2-6-14-19)15-17-9-3-1-4-10-17/h1-6,9-10,13-14,18H,7-8,11-12,15-16H2,(H,23,24,25). The Bertz CT molecular complexity index is 891. The summed E-state index contributed by atoms with van der Waals surface area (Å²) in [7, 11) is 0. The molecule has 0 aliphatic heterocycles. The molecule has 0 bridgehead atoms. The summed E-state index contributed by atoms with van der Waals surface area (Å²) in [5, 5.41) is 8.03. The van der Waals surface area contributed by atoms with Gasteiger partial charge in [-0.15, -0.1) is 5.10 Å². The highest BCUT2D eigenvalue weighted by Crippen LogP contribution is 2.32. The van der Waals surface area contributed by atoms with Crippen molar-refractivity contribution < 1.29 is 4.79 Å². The zero-order valence-corrected chi connectivity index (χ0v) is 16.6. The highest BCUT2D eigenvalue weighted by atomic mass is 32.2. The predicted octanol–water partition coefficient (Wildman–Crippen LogP) is 4.79.